The summed E-state index contributed by atoms with van der Waals surface area (Å²) in [4.78, 5) is 19.3. The highest BCUT2D eigenvalue weighted by molar-refractivity contribution is 7.13. The van der Waals surface area contributed by atoms with Crippen LogP contribution in [0.3, 0.4) is 0 Å². The molecule has 0 saturated carbocycles. The molecule has 0 N–H and O–H groups in total. The van der Waals surface area contributed by atoms with Gasteiger partial charge in [0.1, 0.15) is 11.1 Å². The average Bonchev–Trinajstić information content (AvgIpc) is 2.93. The predicted octanol–water partition coefficient (Wildman–Crippen LogP) is 2.19. The Morgan fingerprint density at radius 1 is 1.56 bits per heavy atom. The molecule has 2 aliphatic heterocycles. The summed E-state index contributed by atoms with van der Waals surface area (Å²) in [6.07, 6.45) is 2.58. The van der Waals surface area contributed by atoms with Gasteiger partial charge in [0.2, 0.25) is 0 Å². The minimum absolute atomic E-state index is 0.0520. The van der Waals surface area contributed by atoms with Crippen molar-refractivity contribution >= 4 is 17.1 Å². The zero-order chi connectivity index (χ0) is 12.7. The fourth-order valence-electron chi connectivity index (χ4n) is 2.85. The van der Waals surface area contributed by atoms with Crippen LogP contribution in [0.15, 0.2) is 0 Å². The van der Waals surface area contributed by atoms with E-state index in [1.54, 1.807) is 6.92 Å². The van der Waals surface area contributed by atoms with E-state index in [1.807, 2.05) is 6.92 Å². The summed E-state index contributed by atoms with van der Waals surface area (Å²) in [5, 5.41) is 0.961. The summed E-state index contributed by atoms with van der Waals surface area (Å²) in [6.45, 7) is 6.41. The number of nitrogens with zero attached hydrogens (tertiary/aromatic N) is 2. The number of carbonyl (C=O) groups is 1. The molecule has 3 rings (SSSR count). The van der Waals surface area contributed by atoms with Crippen LogP contribution in [0.2, 0.25) is 0 Å². The van der Waals surface area contributed by atoms with Gasteiger partial charge in [-0.1, -0.05) is 0 Å². The average molecular weight is 266 g/mol. The molecule has 5 heteroatoms. The number of ether oxygens (including phenoxy) is 1. The zero-order valence-electron chi connectivity index (χ0n) is 10.8. The van der Waals surface area contributed by atoms with Crippen LogP contribution in [0.5, 0.6) is 0 Å². The molecule has 0 aromatic carbocycles. The van der Waals surface area contributed by atoms with E-state index < -0.39 is 0 Å². The van der Waals surface area contributed by atoms with Crippen LogP contribution in [0.1, 0.15) is 46.2 Å². The monoisotopic (exact) mass is 266 g/mol. The van der Waals surface area contributed by atoms with E-state index in [1.165, 1.54) is 30.7 Å². The quantitative estimate of drug-likeness (QED) is 0.770. The van der Waals surface area contributed by atoms with E-state index in [0.29, 0.717) is 6.04 Å². The third-order valence-electron chi connectivity index (χ3n) is 3.80. The smallest absolute Gasteiger partial charge is 0.171 e. The summed E-state index contributed by atoms with van der Waals surface area (Å²) in [7, 11) is 0. The van der Waals surface area contributed by atoms with Gasteiger partial charge in [0.25, 0.3) is 0 Å². The maximum Gasteiger partial charge on any atom is 0.171 e. The van der Waals surface area contributed by atoms with E-state index in [0.717, 1.165) is 28.7 Å². The molecule has 0 bridgehead atoms. The Balaban J connectivity index is 1.78. The highest BCUT2D eigenvalue weighted by Gasteiger charge is 2.34. The Bertz CT molecular complexity index is 472. The van der Waals surface area contributed by atoms with Crippen molar-refractivity contribution in [2.24, 2.45) is 0 Å². The van der Waals surface area contributed by atoms with Crippen molar-refractivity contribution in [2.45, 2.75) is 38.8 Å². The lowest BCUT2D eigenvalue weighted by Gasteiger charge is -2.34. The number of aromatic nitrogens is 1. The molecular formula is C13H18N2O2S. The highest BCUT2D eigenvalue weighted by Crippen LogP contribution is 2.33. The maximum atomic E-state index is 11.5. The lowest BCUT2D eigenvalue weighted by Crippen LogP contribution is -2.42. The van der Waals surface area contributed by atoms with Crippen molar-refractivity contribution < 1.29 is 9.53 Å². The first-order valence-electron chi connectivity index (χ1n) is 6.49. The normalized spacial score (nSPS) is 28.3. The molecule has 2 aliphatic rings. The van der Waals surface area contributed by atoms with Crippen molar-refractivity contribution in [1.29, 1.82) is 0 Å². The zero-order valence-corrected chi connectivity index (χ0v) is 11.6. The van der Waals surface area contributed by atoms with Crippen molar-refractivity contribution in [3.8, 4) is 0 Å². The number of ketones is 1. The van der Waals surface area contributed by atoms with Gasteiger partial charge in [-0.25, -0.2) is 4.98 Å². The van der Waals surface area contributed by atoms with Gasteiger partial charge in [0.05, 0.1) is 17.2 Å². The third kappa shape index (κ3) is 2.11. The fourth-order valence-corrected chi connectivity index (χ4v) is 3.85. The van der Waals surface area contributed by atoms with E-state index in [4.69, 9.17) is 4.74 Å². The standard InChI is InChI=1S/C13H18N2O2S/c1-8-12(9(2)16)18-13(14-8)11-6-15-5-3-4-10(15)7-17-11/h10-11H,3-7H2,1-2H3/t10-,11+/m1/s1. The second-order valence-electron chi connectivity index (χ2n) is 5.14. The molecule has 2 atom stereocenters. The van der Waals surface area contributed by atoms with Crippen LogP contribution in [-0.2, 0) is 4.74 Å². The van der Waals surface area contributed by atoms with Gasteiger partial charge in [-0.15, -0.1) is 11.3 Å². The lowest BCUT2D eigenvalue weighted by atomic mass is 10.2. The van der Waals surface area contributed by atoms with Gasteiger partial charge in [0.15, 0.2) is 5.78 Å². The first kappa shape index (κ1) is 12.3. The van der Waals surface area contributed by atoms with Crippen LogP contribution in [-0.4, -0.2) is 41.4 Å². The molecule has 4 nitrogen and oxygen atoms in total. The number of morpholine rings is 1. The minimum Gasteiger partial charge on any atom is -0.368 e. The number of hydrogen-bond acceptors (Lipinski definition) is 5. The number of carbonyl (C=O) groups excluding carboxylic acids is 1. The molecule has 1 aromatic rings. The first-order valence-corrected chi connectivity index (χ1v) is 7.30. The van der Waals surface area contributed by atoms with Gasteiger partial charge in [-0.05, 0) is 26.3 Å². The molecule has 0 unspecified atom stereocenters. The second-order valence-corrected chi connectivity index (χ2v) is 6.17. The Labute approximate surface area is 111 Å². The van der Waals surface area contributed by atoms with Crippen LogP contribution in [0.4, 0.5) is 0 Å². The number of thiazole rings is 1. The Morgan fingerprint density at radius 2 is 2.39 bits per heavy atom. The molecule has 18 heavy (non-hydrogen) atoms. The summed E-state index contributed by atoms with van der Waals surface area (Å²) in [5.41, 5.74) is 0.842. The summed E-state index contributed by atoms with van der Waals surface area (Å²) >= 11 is 1.50. The molecule has 2 fully saturated rings. The van der Waals surface area contributed by atoms with E-state index in [2.05, 4.69) is 9.88 Å². The SMILES string of the molecule is CC(=O)c1sc([C@@H]2CN3CCC[C@@H]3CO2)nc1C. The maximum absolute atomic E-state index is 11.5. The molecule has 0 radical (unpaired) electrons. The van der Waals surface area contributed by atoms with Crippen molar-refractivity contribution in [3.63, 3.8) is 0 Å². The van der Waals surface area contributed by atoms with Gasteiger partial charge in [0, 0.05) is 19.5 Å². The Hall–Kier alpha value is -0.780. The predicted molar refractivity (Wildman–Crippen MR) is 70.1 cm³/mol. The largest absolute Gasteiger partial charge is 0.368 e. The number of rotatable bonds is 2. The molecule has 3 heterocycles. The summed E-state index contributed by atoms with van der Waals surface area (Å²) in [6, 6.07) is 0.606. The molecule has 2 saturated heterocycles. The van der Waals surface area contributed by atoms with E-state index >= 15 is 0 Å². The van der Waals surface area contributed by atoms with Gasteiger partial charge in [-0.2, -0.15) is 0 Å². The molecule has 98 valence electrons. The first-order chi connectivity index (χ1) is 8.65. The van der Waals surface area contributed by atoms with Gasteiger partial charge >= 0.3 is 0 Å². The Morgan fingerprint density at radius 3 is 3.11 bits per heavy atom. The number of hydrogen-bond donors (Lipinski definition) is 0. The van der Waals surface area contributed by atoms with Crippen LogP contribution >= 0.6 is 11.3 Å². The number of Topliss-reactive ketones (excluding diaryl/α,β-unsaturated/α-hetero) is 1. The van der Waals surface area contributed by atoms with E-state index in [9.17, 15) is 4.79 Å². The number of aryl methyl sites for hydroxylation is 1. The van der Waals surface area contributed by atoms with Gasteiger partial charge < -0.3 is 4.74 Å². The van der Waals surface area contributed by atoms with Crippen LogP contribution in [0.25, 0.3) is 0 Å². The minimum atomic E-state index is 0.0520. The number of fused-ring (bicyclic) bond motifs is 1. The van der Waals surface area contributed by atoms with E-state index in [-0.39, 0.29) is 11.9 Å². The molecule has 0 aliphatic carbocycles. The lowest BCUT2D eigenvalue weighted by molar-refractivity contribution is -0.0502. The van der Waals surface area contributed by atoms with Crippen LogP contribution < -0.4 is 0 Å². The molecular weight excluding hydrogens is 248 g/mol. The Kier molecular flexibility index (Phi) is 3.21. The second kappa shape index (κ2) is 4.72. The highest BCUT2D eigenvalue weighted by atomic mass is 32.1. The summed E-state index contributed by atoms with van der Waals surface area (Å²) in [5.74, 6) is 0.103. The van der Waals surface area contributed by atoms with Crippen molar-refractivity contribution in [3.05, 3.63) is 15.6 Å². The summed E-state index contributed by atoms with van der Waals surface area (Å²) < 4.78 is 5.92. The fraction of sp³-hybridized carbons (Fsp3) is 0.692. The van der Waals surface area contributed by atoms with Crippen molar-refractivity contribution in [2.75, 3.05) is 19.7 Å². The van der Waals surface area contributed by atoms with Gasteiger partial charge in [-0.3, -0.25) is 9.69 Å². The van der Waals surface area contributed by atoms with Crippen LogP contribution in [0, 0.1) is 6.92 Å². The molecule has 1 aromatic heterocycles. The molecule has 0 spiro atoms. The third-order valence-corrected chi connectivity index (χ3v) is 5.15. The molecule has 0 amide bonds. The topological polar surface area (TPSA) is 42.4 Å². The van der Waals surface area contributed by atoms with Crippen molar-refractivity contribution in [1.82, 2.24) is 9.88 Å².